The van der Waals surface area contributed by atoms with Crippen LogP contribution in [0.25, 0.3) is 11.3 Å². The molecule has 1 aromatic carbocycles. The van der Waals surface area contributed by atoms with Crippen molar-refractivity contribution in [3.63, 3.8) is 0 Å². The molecule has 0 aliphatic heterocycles. The van der Waals surface area contributed by atoms with Crippen LogP contribution in [0.3, 0.4) is 0 Å². The third kappa shape index (κ3) is 5.60. The fourth-order valence-electron chi connectivity index (χ4n) is 5.06. The summed E-state index contributed by atoms with van der Waals surface area (Å²) in [6.07, 6.45) is 6.95. The predicted molar refractivity (Wildman–Crippen MR) is 141 cm³/mol. The van der Waals surface area contributed by atoms with Crippen LogP contribution < -0.4 is 14.8 Å². The molecule has 0 spiro atoms. The standard InChI is InChI=1S/C26H30N6O5S/c1-3-37-24-15-27-14-21(31-24)17-4-6-20(7-5-17)30-25(33)26(12-18-10-19(18)13-26)22-11-23(29-16-28-22)32-38(34,35)9-8-36-2/h4-7,11,14-16,18-19H,3,8-10,12-13H2,1-2H3,(H,30,33)(H,28,29,32). The summed E-state index contributed by atoms with van der Waals surface area (Å²) in [5.41, 5.74) is 1.81. The predicted octanol–water partition coefficient (Wildman–Crippen LogP) is 3.03. The molecule has 2 heterocycles. The number of sulfonamides is 1. The van der Waals surface area contributed by atoms with E-state index in [-0.39, 0.29) is 24.1 Å². The van der Waals surface area contributed by atoms with Crippen LogP contribution in [0.5, 0.6) is 5.88 Å². The van der Waals surface area contributed by atoms with Gasteiger partial charge in [0.2, 0.25) is 21.8 Å². The second-order valence-corrected chi connectivity index (χ2v) is 11.5. The number of nitrogens with zero attached hydrogens (tertiary/aromatic N) is 4. The maximum Gasteiger partial charge on any atom is 0.236 e. The van der Waals surface area contributed by atoms with E-state index in [9.17, 15) is 13.2 Å². The lowest BCUT2D eigenvalue weighted by Gasteiger charge is -2.29. The average molecular weight is 539 g/mol. The summed E-state index contributed by atoms with van der Waals surface area (Å²) in [4.78, 5) is 30.9. The Hall–Kier alpha value is -3.64. The Morgan fingerprint density at radius 2 is 1.89 bits per heavy atom. The lowest BCUT2D eigenvalue weighted by Crippen LogP contribution is -2.40. The summed E-state index contributed by atoms with van der Waals surface area (Å²) in [7, 11) is -2.21. The molecule has 2 aliphatic carbocycles. The zero-order valence-electron chi connectivity index (χ0n) is 21.3. The van der Waals surface area contributed by atoms with Crippen LogP contribution in [-0.2, 0) is 25.0 Å². The van der Waals surface area contributed by atoms with Crippen molar-refractivity contribution in [2.24, 2.45) is 11.8 Å². The highest BCUT2D eigenvalue weighted by Gasteiger charge is 2.59. The second-order valence-electron chi connectivity index (χ2n) is 9.66. The SMILES string of the molecule is CCOc1cncc(-c2ccc(NC(=O)C3(c4cc(NS(=O)(=O)CCOC)ncn4)CC4CC4C3)cc2)n1. The summed E-state index contributed by atoms with van der Waals surface area (Å²) in [5, 5.41) is 3.06. The van der Waals surface area contributed by atoms with Crippen molar-refractivity contribution in [2.45, 2.75) is 31.6 Å². The van der Waals surface area contributed by atoms with Gasteiger partial charge in [0.1, 0.15) is 12.1 Å². The number of ether oxygens (including phenoxy) is 2. The van der Waals surface area contributed by atoms with E-state index in [0.29, 0.717) is 54.2 Å². The number of methoxy groups -OCH3 is 1. The second kappa shape index (κ2) is 10.6. The first-order valence-corrected chi connectivity index (χ1v) is 14.2. The Bertz CT molecular complexity index is 1410. The maximum absolute atomic E-state index is 13.7. The summed E-state index contributed by atoms with van der Waals surface area (Å²) in [5.74, 6) is 1.17. The van der Waals surface area contributed by atoms with Gasteiger partial charge >= 0.3 is 0 Å². The molecule has 2 aromatic heterocycles. The number of rotatable bonds is 11. The number of carbonyl (C=O) groups is 1. The largest absolute Gasteiger partial charge is 0.477 e. The van der Waals surface area contributed by atoms with Crippen molar-refractivity contribution in [2.75, 3.05) is 36.1 Å². The Balaban J connectivity index is 1.35. The van der Waals surface area contributed by atoms with Crippen LogP contribution >= 0.6 is 0 Å². The van der Waals surface area contributed by atoms with Gasteiger partial charge in [0.05, 0.1) is 48.2 Å². The van der Waals surface area contributed by atoms with Gasteiger partial charge < -0.3 is 14.8 Å². The molecular weight excluding hydrogens is 508 g/mol. The van der Waals surface area contributed by atoms with Gasteiger partial charge in [-0.05, 0) is 50.2 Å². The van der Waals surface area contributed by atoms with E-state index in [0.717, 1.165) is 12.0 Å². The van der Waals surface area contributed by atoms with E-state index in [1.165, 1.54) is 13.4 Å². The van der Waals surface area contributed by atoms with Crippen LogP contribution in [0.4, 0.5) is 11.5 Å². The lowest BCUT2D eigenvalue weighted by molar-refractivity contribution is -0.122. The molecule has 38 heavy (non-hydrogen) atoms. The molecule has 3 aromatic rings. The number of fused-ring (bicyclic) bond motifs is 1. The molecule has 2 fully saturated rings. The van der Waals surface area contributed by atoms with Gasteiger partial charge in [-0.2, -0.15) is 0 Å². The van der Waals surface area contributed by atoms with E-state index >= 15 is 0 Å². The molecule has 2 aliphatic rings. The number of hydrogen-bond donors (Lipinski definition) is 2. The highest BCUT2D eigenvalue weighted by atomic mass is 32.2. The minimum Gasteiger partial charge on any atom is -0.477 e. The van der Waals surface area contributed by atoms with E-state index in [1.807, 2.05) is 31.2 Å². The third-order valence-corrected chi connectivity index (χ3v) is 8.27. The fourth-order valence-corrected chi connectivity index (χ4v) is 5.98. The van der Waals surface area contributed by atoms with Gasteiger partial charge in [-0.3, -0.25) is 14.5 Å². The van der Waals surface area contributed by atoms with Crippen LogP contribution in [-0.4, -0.2) is 60.3 Å². The Kier molecular flexibility index (Phi) is 7.26. The summed E-state index contributed by atoms with van der Waals surface area (Å²) < 4.78 is 37.5. The highest BCUT2D eigenvalue weighted by Crippen LogP contribution is 2.60. The zero-order chi connectivity index (χ0) is 26.8. The van der Waals surface area contributed by atoms with Crippen molar-refractivity contribution in [3.8, 4) is 17.1 Å². The monoisotopic (exact) mass is 538 g/mol. The van der Waals surface area contributed by atoms with Gasteiger partial charge in [-0.15, -0.1) is 0 Å². The molecule has 200 valence electrons. The topological polar surface area (TPSA) is 145 Å². The molecule has 0 radical (unpaired) electrons. The molecule has 2 atom stereocenters. The molecule has 1 amide bonds. The minimum atomic E-state index is -3.64. The quantitative estimate of drug-likeness (QED) is 0.376. The zero-order valence-corrected chi connectivity index (χ0v) is 22.1. The minimum absolute atomic E-state index is 0.0618. The van der Waals surface area contributed by atoms with Gasteiger partial charge in [0.25, 0.3) is 0 Å². The lowest BCUT2D eigenvalue weighted by atomic mass is 9.78. The molecule has 2 saturated carbocycles. The first-order chi connectivity index (χ1) is 18.3. The molecule has 11 nitrogen and oxygen atoms in total. The van der Waals surface area contributed by atoms with Crippen LogP contribution in [0, 0.1) is 11.8 Å². The molecule has 2 N–H and O–H groups in total. The van der Waals surface area contributed by atoms with Crippen molar-refractivity contribution in [3.05, 3.63) is 54.7 Å². The van der Waals surface area contributed by atoms with Crippen molar-refractivity contribution in [1.29, 1.82) is 0 Å². The van der Waals surface area contributed by atoms with E-state index in [2.05, 4.69) is 30.0 Å². The Morgan fingerprint density at radius 3 is 2.61 bits per heavy atom. The fraction of sp³-hybridized carbons (Fsp3) is 0.423. The summed E-state index contributed by atoms with van der Waals surface area (Å²) in [6, 6.07) is 8.95. The number of aromatic nitrogens is 4. The van der Waals surface area contributed by atoms with Crippen molar-refractivity contribution < 1.29 is 22.7 Å². The smallest absolute Gasteiger partial charge is 0.236 e. The van der Waals surface area contributed by atoms with E-state index in [4.69, 9.17) is 9.47 Å². The van der Waals surface area contributed by atoms with E-state index < -0.39 is 15.4 Å². The van der Waals surface area contributed by atoms with Crippen LogP contribution in [0.1, 0.15) is 31.9 Å². The van der Waals surface area contributed by atoms with Gasteiger partial charge in [-0.25, -0.2) is 23.4 Å². The molecule has 5 rings (SSSR count). The Labute approximate surface area is 221 Å². The number of anilines is 2. The molecular formula is C26H30N6O5S. The average Bonchev–Trinajstić information content (AvgIpc) is 3.53. The maximum atomic E-state index is 13.7. The van der Waals surface area contributed by atoms with Crippen molar-refractivity contribution in [1.82, 2.24) is 19.9 Å². The molecule has 2 unspecified atom stereocenters. The van der Waals surface area contributed by atoms with Gasteiger partial charge in [0, 0.05) is 24.4 Å². The summed E-state index contributed by atoms with van der Waals surface area (Å²) >= 11 is 0. The number of hydrogen-bond acceptors (Lipinski definition) is 9. The van der Waals surface area contributed by atoms with Crippen molar-refractivity contribution >= 4 is 27.4 Å². The number of benzene rings is 1. The number of amides is 1. The van der Waals surface area contributed by atoms with Gasteiger partial charge in [-0.1, -0.05) is 12.1 Å². The molecule has 0 bridgehead atoms. The number of nitrogens with one attached hydrogen (secondary N) is 2. The normalized spacial score (nSPS) is 21.9. The van der Waals surface area contributed by atoms with Crippen LogP contribution in [0.2, 0.25) is 0 Å². The molecule has 0 saturated heterocycles. The number of carbonyl (C=O) groups excluding carboxylic acids is 1. The van der Waals surface area contributed by atoms with Gasteiger partial charge in [0.15, 0.2) is 0 Å². The summed E-state index contributed by atoms with van der Waals surface area (Å²) in [6.45, 7) is 2.45. The third-order valence-electron chi connectivity index (χ3n) is 7.04. The van der Waals surface area contributed by atoms with E-state index in [1.54, 1.807) is 18.5 Å². The Morgan fingerprint density at radius 1 is 1.13 bits per heavy atom. The first kappa shape index (κ1) is 26.0. The molecule has 12 heteroatoms. The first-order valence-electron chi connectivity index (χ1n) is 12.5. The van der Waals surface area contributed by atoms with Crippen LogP contribution in [0.15, 0.2) is 49.1 Å². The highest BCUT2D eigenvalue weighted by molar-refractivity contribution is 7.92.